The van der Waals surface area contributed by atoms with Crippen LogP contribution in [0.2, 0.25) is 0 Å². The molecule has 4 heteroatoms. The molecule has 2 aliphatic rings. The van der Waals surface area contributed by atoms with E-state index in [1.807, 2.05) is 0 Å². The molecule has 1 aliphatic heterocycles. The monoisotopic (exact) mass is 454 g/mol. The molecule has 2 aromatic carbocycles. The molecule has 1 unspecified atom stereocenters. The number of thiophene rings is 1. The van der Waals surface area contributed by atoms with Crippen LogP contribution < -0.4 is 0 Å². The third-order valence-electron chi connectivity index (χ3n) is 7.20. The van der Waals surface area contributed by atoms with Crippen LogP contribution in [0.5, 0.6) is 0 Å². The van der Waals surface area contributed by atoms with Crippen LogP contribution in [0.25, 0.3) is 11.5 Å². The summed E-state index contributed by atoms with van der Waals surface area (Å²) in [5.74, 6) is 1.65. The van der Waals surface area contributed by atoms with Gasteiger partial charge in [0.15, 0.2) is 0 Å². The van der Waals surface area contributed by atoms with Crippen molar-refractivity contribution in [3.63, 3.8) is 0 Å². The van der Waals surface area contributed by atoms with Crippen LogP contribution >= 0.6 is 11.3 Å². The lowest BCUT2D eigenvalue weighted by Crippen LogP contribution is -2.35. The van der Waals surface area contributed by atoms with Crippen molar-refractivity contribution in [2.24, 2.45) is 0 Å². The first-order chi connectivity index (χ1) is 16.2. The van der Waals surface area contributed by atoms with Crippen LogP contribution in [-0.2, 0) is 25.8 Å². The highest BCUT2D eigenvalue weighted by atomic mass is 32.1. The molecule has 0 fully saturated rings. The molecule has 3 heterocycles. The number of benzene rings is 2. The average molecular weight is 455 g/mol. The van der Waals surface area contributed by atoms with Gasteiger partial charge in [-0.05, 0) is 74.8 Å². The maximum absolute atomic E-state index is 6.14. The summed E-state index contributed by atoms with van der Waals surface area (Å²) in [5, 5.41) is 0. The quantitative estimate of drug-likeness (QED) is 0.331. The zero-order chi connectivity index (χ0) is 22.4. The normalized spacial score (nSPS) is 18.2. The molecule has 0 saturated heterocycles. The van der Waals surface area contributed by atoms with E-state index in [0.29, 0.717) is 6.04 Å². The lowest BCUT2D eigenvalue weighted by Gasteiger charge is -2.36. The number of fused-ring (bicyclic) bond motifs is 3. The van der Waals surface area contributed by atoms with Crippen LogP contribution in [0, 0.1) is 13.8 Å². The molecule has 1 aliphatic carbocycles. The fourth-order valence-corrected chi connectivity index (χ4v) is 7.14. The lowest BCUT2D eigenvalue weighted by atomic mass is 9.88. The number of rotatable bonds is 4. The van der Waals surface area contributed by atoms with E-state index in [-0.39, 0.29) is 0 Å². The predicted octanol–water partition coefficient (Wildman–Crippen LogP) is 7.05. The number of hydrogen-bond donors (Lipinski definition) is 0. The molecule has 3 nitrogen and oxygen atoms in total. The van der Waals surface area contributed by atoms with Crippen molar-refractivity contribution >= 4 is 11.3 Å². The third-order valence-corrected chi connectivity index (χ3v) is 8.59. The van der Waals surface area contributed by atoms with Gasteiger partial charge in [0, 0.05) is 28.4 Å². The van der Waals surface area contributed by atoms with Gasteiger partial charge < -0.3 is 4.42 Å². The molecular formula is C29H30N2OS. The molecule has 4 aromatic rings. The first-order valence-corrected chi connectivity index (χ1v) is 12.9. The topological polar surface area (TPSA) is 29.3 Å². The Bertz CT molecular complexity index is 1290. The summed E-state index contributed by atoms with van der Waals surface area (Å²) in [5.41, 5.74) is 8.04. The second kappa shape index (κ2) is 8.58. The number of aromatic nitrogens is 1. The van der Waals surface area contributed by atoms with Crippen LogP contribution in [0.15, 0.2) is 59.0 Å². The minimum absolute atomic E-state index is 0.295. The minimum Gasteiger partial charge on any atom is -0.441 e. The Balaban J connectivity index is 1.37. The third kappa shape index (κ3) is 3.85. The van der Waals surface area contributed by atoms with Gasteiger partial charge in [-0.3, -0.25) is 4.90 Å². The first kappa shape index (κ1) is 20.9. The Labute approximate surface area is 200 Å². The van der Waals surface area contributed by atoms with Gasteiger partial charge in [-0.1, -0.05) is 48.0 Å². The molecule has 0 amide bonds. The van der Waals surface area contributed by atoms with E-state index >= 15 is 0 Å². The highest BCUT2D eigenvalue weighted by Gasteiger charge is 2.34. The van der Waals surface area contributed by atoms with E-state index in [1.54, 1.807) is 20.9 Å². The molecule has 33 heavy (non-hydrogen) atoms. The van der Waals surface area contributed by atoms with Crippen molar-refractivity contribution in [2.75, 3.05) is 6.54 Å². The van der Waals surface area contributed by atoms with E-state index in [4.69, 9.17) is 9.40 Å². The SMILES string of the molecule is Cc1cccc(-c2nc(CN3CCc4c(sc5c4CCCC5)C3c3ccccc3)c(C)o2)c1. The van der Waals surface area contributed by atoms with Gasteiger partial charge in [0.25, 0.3) is 0 Å². The van der Waals surface area contributed by atoms with E-state index in [9.17, 15) is 0 Å². The fourth-order valence-electron chi connectivity index (χ4n) is 5.53. The number of nitrogens with zero attached hydrogens (tertiary/aromatic N) is 2. The zero-order valence-corrected chi connectivity index (χ0v) is 20.3. The van der Waals surface area contributed by atoms with Gasteiger partial charge in [0.1, 0.15) is 5.76 Å². The van der Waals surface area contributed by atoms with Gasteiger partial charge in [-0.2, -0.15) is 0 Å². The Hall–Kier alpha value is -2.69. The van der Waals surface area contributed by atoms with Crippen molar-refractivity contribution in [1.29, 1.82) is 0 Å². The van der Waals surface area contributed by atoms with Crippen molar-refractivity contribution in [3.05, 3.63) is 98.1 Å². The van der Waals surface area contributed by atoms with Gasteiger partial charge in [-0.25, -0.2) is 4.98 Å². The smallest absolute Gasteiger partial charge is 0.226 e. The molecule has 0 N–H and O–H groups in total. The summed E-state index contributed by atoms with van der Waals surface area (Å²) in [6.07, 6.45) is 6.36. The molecule has 2 aromatic heterocycles. The van der Waals surface area contributed by atoms with Crippen molar-refractivity contribution < 1.29 is 4.42 Å². The molecule has 6 rings (SSSR count). The lowest BCUT2D eigenvalue weighted by molar-refractivity contribution is 0.204. The summed E-state index contributed by atoms with van der Waals surface area (Å²) in [4.78, 5) is 10.8. The Morgan fingerprint density at radius 2 is 1.82 bits per heavy atom. The average Bonchev–Trinajstić information content (AvgIpc) is 3.40. The highest BCUT2D eigenvalue weighted by Crippen LogP contribution is 2.45. The maximum atomic E-state index is 6.14. The van der Waals surface area contributed by atoms with Crippen molar-refractivity contribution in [2.45, 2.75) is 58.5 Å². The summed E-state index contributed by atoms with van der Waals surface area (Å²) >= 11 is 2.08. The molecule has 1 atom stereocenters. The van der Waals surface area contributed by atoms with Gasteiger partial charge in [0.05, 0.1) is 11.7 Å². The van der Waals surface area contributed by atoms with Crippen molar-refractivity contribution in [1.82, 2.24) is 9.88 Å². The standard InChI is InChI=1S/C29H30N2OS/c1-19-9-8-12-22(17-19)29-30-25(20(2)32-29)18-31-16-15-24-23-13-6-7-14-26(23)33-28(24)27(31)21-10-4-3-5-11-21/h3-5,8-12,17,27H,6-7,13-16,18H2,1-2H3. The van der Waals surface area contributed by atoms with Crippen molar-refractivity contribution in [3.8, 4) is 11.5 Å². The van der Waals surface area contributed by atoms with Gasteiger partial charge in [-0.15, -0.1) is 11.3 Å². The fraction of sp³-hybridized carbons (Fsp3) is 0.345. The second-order valence-corrected chi connectivity index (χ2v) is 10.6. The minimum atomic E-state index is 0.295. The van der Waals surface area contributed by atoms with E-state index in [0.717, 1.165) is 42.4 Å². The zero-order valence-electron chi connectivity index (χ0n) is 19.4. The molecule has 0 saturated carbocycles. The Morgan fingerprint density at radius 1 is 0.970 bits per heavy atom. The molecule has 0 radical (unpaired) electrons. The number of aryl methyl sites for hydroxylation is 3. The molecule has 0 bridgehead atoms. The van der Waals surface area contributed by atoms with E-state index in [2.05, 4.69) is 84.7 Å². The summed E-state index contributed by atoms with van der Waals surface area (Å²) in [6.45, 7) is 6.03. The number of oxazole rings is 1. The summed E-state index contributed by atoms with van der Waals surface area (Å²) in [7, 11) is 0. The predicted molar refractivity (Wildman–Crippen MR) is 135 cm³/mol. The molecule has 0 spiro atoms. The van der Waals surface area contributed by atoms with Crippen LogP contribution in [-0.4, -0.2) is 16.4 Å². The largest absolute Gasteiger partial charge is 0.441 e. The summed E-state index contributed by atoms with van der Waals surface area (Å²) < 4.78 is 6.14. The van der Waals surface area contributed by atoms with E-state index < -0.39 is 0 Å². The summed E-state index contributed by atoms with van der Waals surface area (Å²) in [6, 6.07) is 19.7. The van der Waals surface area contributed by atoms with Crippen LogP contribution in [0.3, 0.4) is 0 Å². The van der Waals surface area contributed by atoms with Gasteiger partial charge >= 0.3 is 0 Å². The second-order valence-electron chi connectivity index (χ2n) is 9.48. The first-order valence-electron chi connectivity index (χ1n) is 12.1. The van der Waals surface area contributed by atoms with Crippen LogP contribution in [0.1, 0.15) is 62.3 Å². The van der Waals surface area contributed by atoms with Gasteiger partial charge in [0.2, 0.25) is 5.89 Å². The Kier molecular flexibility index (Phi) is 5.43. The van der Waals surface area contributed by atoms with E-state index in [1.165, 1.54) is 36.8 Å². The number of hydrogen-bond acceptors (Lipinski definition) is 4. The maximum Gasteiger partial charge on any atom is 0.226 e. The molecule has 168 valence electrons. The highest BCUT2D eigenvalue weighted by molar-refractivity contribution is 7.12. The molecular weight excluding hydrogens is 424 g/mol. The van der Waals surface area contributed by atoms with Crippen LogP contribution in [0.4, 0.5) is 0 Å². The Morgan fingerprint density at radius 3 is 2.67 bits per heavy atom.